The van der Waals surface area contributed by atoms with E-state index >= 15 is 0 Å². The van der Waals surface area contributed by atoms with Gasteiger partial charge in [0.25, 0.3) is 0 Å². The summed E-state index contributed by atoms with van der Waals surface area (Å²) < 4.78 is 13.1. The lowest BCUT2D eigenvalue weighted by Gasteiger charge is -2.36. The molecule has 0 saturated carbocycles. The summed E-state index contributed by atoms with van der Waals surface area (Å²) in [7, 11) is 0. The van der Waals surface area contributed by atoms with Crippen LogP contribution in [0.15, 0.2) is 24.3 Å². The minimum absolute atomic E-state index is 0.131. The van der Waals surface area contributed by atoms with Crippen molar-refractivity contribution in [2.45, 2.75) is 58.4 Å². The molecule has 0 aliphatic carbocycles. The third kappa shape index (κ3) is 4.59. The highest BCUT2D eigenvalue weighted by Crippen LogP contribution is 2.31. The first kappa shape index (κ1) is 15.5. The van der Waals surface area contributed by atoms with Gasteiger partial charge < -0.3 is 0 Å². The Labute approximate surface area is 123 Å². The molecule has 1 nitrogen and oxygen atoms in total. The molecule has 112 valence electrons. The minimum Gasteiger partial charge on any atom is -0.296 e. The van der Waals surface area contributed by atoms with Crippen molar-refractivity contribution in [2.75, 3.05) is 13.1 Å². The highest BCUT2D eigenvalue weighted by Gasteiger charge is 2.23. The molecule has 1 heterocycles. The lowest BCUT2D eigenvalue weighted by atomic mass is 9.94. The molecule has 0 bridgehead atoms. The van der Waals surface area contributed by atoms with Gasteiger partial charge in [0.2, 0.25) is 0 Å². The third-order valence-corrected chi connectivity index (χ3v) is 4.35. The Kier molecular flexibility index (Phi) is 6.03. The van der Waals surface area contributed by atoms with Crippen LogP contribution < -0.4 is 0 Å². The molecule has 1 atom stereocenters. The Morgan fingerprint density at radius 3 is 2.60 bits per heavy atom. The molecule has 0 spiro atoms. The average molecular weight is 277 g/mol. The van der Waals surface area contributed by atoms with Crippen LogP contribution in [0.5, 0.6) is 0 Å². The molecule has 1 aromatic carbocycles. The van der Waals surface area contributed by atoms with E-state index in [1.807, 2.05) is 12.1 Å². The predicted octanol–water partition coefficient (Wildman–Crippen LogP) is 5.18. The van der Waals surface area contributed by atoms with E-state index in [0.29, 0.717) is 6.04 Å². The molecular formula is C18H28FN. The fourth-order valence-corrected chi connectivity index (χ4v) is 3.19. The molecule has 2 rings (SSSR count). The molecule has 1 unspecified atom stereocenters. The summed E-state index contributed by atoms with van der Waals surface area (Å²) >= 11 is 0. The first-order valence-electron chi connectivity index (χ1n) is 8.16. The summed E-state index contributed by atoms with van der Waals surface area (Å²) in [6.45, 7) is 6.98. The molecular weight excluding hydrogens is 249 g/mol. The Bertz CT molecular complexity index is 385. The molecule has 1 aliphatic heterocycles. The topological polar surface area (TPSA) is 3.24 Å². The van der Waals surface area contributed by atoms with Crippen LogP contribution in [-0.4, -0.2) is 18.0 Å². The monoisotopic (exact) mass is 277 g/mol. The van der Waals surface area contributed by atoms with Gasteiger partial charge in [0.1, 0.15) is 5.82 Å². The van der Waals surface area contributed by atoms with Crippen LogP contribution in [0.4, 0.5) is 4.39 Å². The van der Waals surface area contributed by atoms with Gasteiger partial charge in [0.05, 0.1) is 0 Å². The van der Waals surface area contributed by atoms with Gasteiger partial charge >= 0.3 is 0 Å². The van der Waals surface area contributed by atoms with E-state index in [2.05, 4.69) is 18.7 Å². The molecule has 0 amide bonds. The number of piperidine rings is 1. The summed E-state index contributed by atoms with van der Waals surface area (Å²) in [4.78, 5) is 2.61. The van der Waals surface area contributed by atoms with Crippen molar-refractivity contribution in [3.8, 4) is 0 Å². The quantitative estimate of drug-likeness (QED) is 0.648. The van der Waals surface area contributed by atoms with Gasteiger partial charge in [0, 0.05) is 6.04 Å². The molecule has 20 heavy (non-hydrogen) atoms. The maximum Gasteiger partial charge on any atom is 0.123 e. The number of likely N-dealkylation sites (tertiary alicyclic amines) is 1. The molecule has 1 fully saturated rings. The van der Waals surface area contributed by atoms with Crippen LogP contribution in [-0.2, 0) is 0 Å². The average Bonchev–Trinajstić information content (AvgIpc) is 2.45. The summed E-state index contributed by atoms with van der Waals surface area (Å²) in [5.74, 6) is 0.678. The Morgan fingerprint density at radius 2 is 1.90 bits per heavy atom. The zero-order valence-electron chi connectivity index (χ0n) is 12.9. The van der Waals surface area contributed by atoms with Crippen LogP contribution in [0.3, 0.4) is 0 Å². The van der Waals surface area contributed by atoms with Gasteiger partial charge in [-0.05, 0) is 56.0 Å². The number of benzene rings is 1. The van der Waals surface area contributed by atoms with Crippen LogP contribution in [0.25, 0.3) is 0 Å². The maximum absolute atomic E-state index is 13.1. The first-order chi connectivity index (χ1) is 9.66. The van der Waals surface area contributed by atoms with E-state index in [1.165, 1.54) is 57.2 Å². The standard InChI is InChI=1S/C18H28FN/c1-15(2)7-3-5-13-20-14-6-4-8-18(20)16-9-11-17(19)12-10-16/h9-12,15,18H,3-8,13-14H2,1-2H3. The zero-order chi connectivity index (χ0) is 14.4. The second-order valence-corrected chi connectivity index (χ2v) is 6.49. The summed E-state index contributed by atoms with van der Waals surface area (Å²) in [6, 6.07) is 7.63. The van der Waals surface area contributed by atoms with E-state index < -0.39 is 0 Å². The van der Waals surface area contributed by atoms with E-state index in [4.69, 9.17) is 0 Å². The number of rotatable bonds is 6. The van der Waals surface area contributed by atoms with Gasteiger partial charge in [-0.1, -0.05) is 45.2 Å². The lowest BCUT2D eigenvalue weighted by molar-refractivity contribution is 0.145. The van der Waals surface area contributed by atoms with E-state index in [1.54, 1.807) is 12.1 Å². The molecule has 0 N–H and O–H groups in total. The van der Waals surface area contributed by atoms with Gasteiger partial charge in [-0.3, -0.25) is 4.90 Å². The fraction of sp³-hybridized carbons (Fsp3) is 0.667. The van der Waals surface area contributed by atoms with Crippen molar-refractivity contribution in [3.05, 3.63) is 35.6 Å². The number of unbranched alkanes of at least 4 members (excludes halogenated alkanes) is 1. The van der Waals surface area contributed by atoms with E-state index in [0.717, 1.165) is 5.92 Å². The molecule has 1 aromatic rings. The third-order valence-electron chi connectivity index (χ3n) is 4.35. The van der Waals surface area contributed by atoms with E-state index in [-0.39, 0.29) is 5.82 Å². The van der Waals surface area contributed by atoms with Crippen LogP contribution in [0.1, 0.15) is 64.0 Å². The number of hydrogen-bond acceptors (Lipinski definition) is 1. The summed E-state index contributed by atoms with van der Waals surface area (Å²) in [5.41, 5.74) is 1.29. The van der Waals surface area contributed by atoms with Gasteiger partial charge in [0.15, 0.2) is 0 Å². The smallest absolute Gasteiger partial charge is 0.123 e. The van der Waals surface area contributed by atoms with Crippen molar-refractivity contribution in [1.29, 1.82) is 0 Å². The molecule has 1 aliphatic rings. The number of hydrogen-bond donors (Lipinski definition) is 0. The highest BCUT2D eigenvalue weighted by molar-refractivity contribution is 5.20. The second-order valence-electron chi connectivity index (χ2n) is 6.49. The molecule has 0 radical (unpaired) electrons. The molecule has 2 heteroatoms. The van der Waals surface area contributed by atoms with Crippen LogP contribution in [0.2, 0.25) is 0 Å². The van der Waals surface area contributed by atoms with Crippen molar-refractivity contribution in [3.63, 3.8) is 0 Å². The normalized spacial score (nSPS) is 20.5. The summed E-state index contributed by atoms with van der Waals surface area (Å²) in [5, 5.41) is 0. The first-order valence-corrected chi connectivity index (χ1v) is 8.16. The molecule has 0 aromatic heterocycles. The SMILES string of the molecule is CC(C)CCCCN1CCCCC1c1ccc(F)cc1. The van der Waals surface area contributed by atoms with E-state index in [9.17, 15) is 4.39 Å². The fourth-order valence-electron chi connectivity index (χ4n) is 3.19. The van der Waals surface area contributed by atoms with Crippen molar-refractivity contribution in [1.82, 2.24) is 4.90 Å². The van der Waals surface area contributed by atoms with Crippen molar-refractivity contribution in [2.24, 2.45) is 5.92 Å². The van der Waals surface area contributed by atoms with Gasteiger partial charge in [-0.15, -0.1) is 0 Å². The van der Waals surface area contributed by atoms with Crippen LogP contribution >= 0.6 is 0 Å². The Balaban J connectivity index is 1.89. The van der Waals surface area contributed by atoms with Crippen molar-refractivity contribution < 1.29 is 4.39 Å². The Morgan fingerprint density at radius 1 is 1.15 bits per heavy atom. The minimum atomic E-state index is -0.131. The van der Waals surface area contributed by atoms with Gasteiger partial charge in [-0.2, -0.15) is 0 Å². The second kappa shape index (κ2) is 7.78. The Hall–Kier alpha value is -0.890. The van der Waals surface area contributed by atoms with Gasteiger partial charge in [-0.25, -0.2) is 4.39 Å². The van der Waals surface area contributed by atoms with Crippen LogP contribution in [0, 0.1) is 11.7 Å². The zero-order valence-corrected chi connectivity index (χ0v) is 12.9. The maximum atomic E-state index is 13.1. The van der Waals surface area contributed by atoms with Crippen molar-refractivity contribution >= 4 is 0 Å². The number of nitrogens with zero attached hydrogens (tertiary/aromatic N) is 1. The number of halogens is 1. The summed E-state index contributed by atoms with van der Waals surface area (Å²) in [6.07, 6.45) is 7.76. The molecule has 1 saturated heterocycles. The predicted molar refractivity (Wildman–Crippen MR) is 83.3 cm³/mol. The largest absolute Gasteiger partial charge is 0.296 e. The lowest BCUT2D eigenvalue weighted by Crippen LogP contribution is -2.34. The highest BCUT2D eigenvalue weighted by atomic mass is 19.1.